The van der Waals surface area contributed by atoms with Gasteiger partial charge in [0.15, 0.2) is 16.6 Å². The van der Waals surface area contributed by atoms with Gasteiger partial charge in [-0.2, -0.15) is 0 Å². The Morgan fingerprint density at radius 1 is 1.07 bits per heavy atom. The maximum Gasteiger partial charge on any atom is 0.254 e. The molecule has 1 aromatic heterocycles. The molecule has 0 unspecified atom stereocenters. The van der Waals surface area contributed by atoms with Gasteiger partial charge in [0.2, 0.25) is 0 Å². The summed E-state index contributed by atoms with van der Waals surface area (Å²) < 4.78 is 17.8. The highest BCUT2D eigenvalue weighted by Gasteiger charge is 2.25. The van der Waals surface area contributed by atoms with Gasteiger partial charge in [-0.05, 0) is 36.8 Å². The Labute approximate surface area is 178 Å². The topological polar surface area (TPSA) is 64.1 Å². The summed E-state index contributed by atoms with van der Waals surface area (Å²) in [6, 6.07) is 9.43. The summed E-state index contributed by atoms with van der Waals surface area (Å²) in [4.78, 5) is 21.9. The zero-order valence-corrected chi connectivity index (χ0v) is 17.8. The second kappa shape index (κ2) is 7.68. The molecule has 3 aromatic rings. The minimum absolute atomic E-state index is 0.0217. The van der Waals surface area contributed by atoms with E-state index in [9.17, 15) is 4.79 Å². The number of piperazine rings is 1. The zero-order chi connectivity index (χ0) is 20.7. The number of hydrogen-bond acceptors (Lipinski definition) is 7. The monoisotopic (exact) mass is 425 g/mol. The van der Waals surface area contributed by atoms with E-state index in [-0.39, 0.29) is 5.91 Å². The van der Waals surface area contributed by atoms with Crippen LogP contribution in [0.3, 0.4) is 0 Å². The largest absolute Gasteiger partial charge is 0.494 e. The predicted octanol–water partition coefficient (Wildman–Crippen LogP) is 3.35. The molecule has 0 spiro atoms. The number of carbonyl (C=O) groups is 1. The van der Waals surface area contributed by atoms with Crippen molar-refractivity contribution in [2.75, 3.05) is 51.4 Å². The Morgan fingerprint density at radius 3 is 2.60 bits per heavy atom. The number of nitrogens with zero attached hydrogens (tertiary/aromatic N) is 3. The second-order valence-electron chi connectivity index (χ2n) is 7.40. The van der Waals surface area contributed by atoms with E-state index < -0.39 is 0 Å². The highest BCUT2D eigenvalue weighted by Crippen LogP contribution is 2.37. The third kappa shape index (κ3) is 3.31. The predicted molar refractivity (Wildman–Crippen MR) is 116 cm³/mol. The van der Waals surface area contributed by atoms with Crippen LogP contribution in [0.2, 0.25) is 0 Å². The molecule has 1 amide bonds. The first-order chi connectivity index (χ1) is 14.6. The summed E-state index contributed by atoms with van der Waals surface area (Å²) in [7, 11) is 1.67. The van der Waals surface area contributed by atoms with Crippen LogP contribution in [0.5, 0.6) is 17.2 Å². The van der Waals surface area contributed by atoms with Gasteiger partial charge in [-0.25, -0.2) is 4.98 Å². The molecule has 0 saturated carbocycles. The van der Waals surface area contributed by atoms with Gasteiger partial charge in [0, 0.05) is 31.7 Å². The molecule has 5 rings (SSSR count). The summed E-state index contributed by atoms with van der Waals surface area (Å²) in [5, 5.41) is 0.976. The van der Waals surface area contributed by atoms with Gasteiger partial charge < -0.3 is 24.0 Å². The second-order valence-corrected chi connectivity index (χ2v) is 8.37. The highest BCUT2D eigenvalue weighted by molar-refractivity contribution is 7.22. The minimum atomic E-state index is 0.0217. The first-order valence-corrected chi connectivity index (χ1v) is 10.8. The molecule has 2 aliphatic heterocycles. The summed E-state index contributed by atoms with van der Waals surface area (Å²) in [5.74, 6) is 2.16. The molecular weight excluding hydrogens is 402 g/mol. The third-order valence-electron chi connectivity index (χ3n) is 5.54. The van der Waals surface area contributed by atoms with Crippen molar-refractivity contribution in [2.45, 2.75) is 6.92 Å². The van der Waals surface area contributed by atoms with Gasteiger partial charge >= 0.3 is 0 Å². The Balaban J connectivity index is 1.30. The van der Waals surface area contributed by atoms with Crippen LogP contribution in [0.15, 0.2) is 30.3 Å². The molecular formula is C22H23N3O4S. The number of hydrogen-bond donors (Lipinski definition) is 0. The Morgan fingerprint density at radius 2 is 1.83 bits per heavy atom. The lowest BCUT2D eigenvalue weighted by molar-refractivity contribution is 0.0745. The van der Waals surface area contributed by atoms with E-state index in [0.29, 0.717) is 43.4 Å². The maximum atomic E-state index is 13.0. The van der Waals surface area contributed by atoms with E-state index in [4.69, 9.17) is 19.2 Å². The van der Waals surface area contributed by atoms with Crippen molar-refractivity contribution in [1.29, 1.82) is 0 Å². The molecule has 2 aromatic carbocycles. The van der Waals surface area contributed by atoms with E-state index in [1.54, 1.807) is 24.5 Å². The average Bonchev–Trinajstić information content (AvgIpc) is 3.25. The lowest BCUT2D eigenvalue weighted by atomic mass is 10.1. The molecule has 30 heavy (non-hydrogen) atoms. The molecule has 156 valence electrons. The number of aryl methyl sites for hydroxylation is 1. The third-order valence-corrected chi connectivity index (χ3v) is 6.79. The average molecular weight is 426 g/mol. The molecule has 0 radical (unpaired) electrons. The first kappa shape index (κ1) is 19.0. The number of aromatic nitrogens is 1. The summed E-state index contributed by atoms with van der Waals surface area (Å²) in [6.07, 6.45) is 0. The van der Waals surface area contributed by atoms with Crippen LogP contribution < -0.4 is 19.1 Å². The molecule has 1 fully saturated rings. The number of thiazole rings is 1. The molecule has 3 heterocycles. The van der Waals surface area contributed by atoms with Crippen LogP contribution in [0.1, 0.15) is 15.9 Å². The maximum absolute atomic E-state index is 13.0. The van der Waals surface area contributed by atoms with E-state index in [1.807, 2.05) is 23.1 Å². The van der Waals surface area contributed by atoms with Crippen molar-refractivity contribution in [2.24, 2.45) is 0 Å². The van der Waals surface area contributed by atoms with Crippen molar-refractivity contribution in [1.82, 2.24) is 9.88 Å². The van der Waals surface area contributed by atoms with Crippen LogP contribution in [0.25, 0.3) is 10.2 Å². The molecule has 8 heteroatoms. The van der Waals surface area contributed by atoms with E-state index in [0.717, 1.165) is 34.2 Å². The van der Waals surface area contributed by atoms with Gasteiger partial charge in [0.05, 0.1) is 11.8 Å². The number of amides is 1. The Kier molecular flexibility index (Phi) is 4.86. The number of rotatable bonds is 3. The fourth-order valence-corrected chi connectivity index (χ4v) is 4.96. The number of fused-ring (bicyclic) bond motifs is 2. The van der Waals surface area contributed by atoms with Crippen molar-refractivity contribution in [3.05, 3.63) is 41.5 Å². The van der Waals surface area contributed by atoms with Crippen molar-refractivity contribution in [3.8, 4) is 17.2 Å². The standard InChI is InChI=1S/C22H23N3O4S/c1-14-3-5-17(27-2)19-20(14)30-22(23-19)25-9-7-24(8-10-25)21(26)15-4-6-16-18(13-15)29-12-11-28-16/h3-6,13H,7-12H2,1-2H3. The molecule has 7 nitrogen and oxygen atoms in total. The van der Waals surface area contributed by atoms with Gasteiger partial charge in [0.1, 0.15) is 24.5 Å². The van der Waals surface area contributed by atoms with Crippen LogP contribution in [0.4, 0.5) is 5.13 Å². The molecule has 2 aliphatic rings. The summed E-state index contributed by atoms with van der Waals surface area (Å²) >= 11 is 1.68. The fraction of sp³-hybridized carbons (Fsp3) is 0.364. The summed E-state index contributed by atoms with van der Waals surface area (Å²) in [6.45, 7) is 5.94. The van der Waals surface area contributed by atoms with Crippen LogP contribution in [-0.2, 0) is 0 Å². The van der Waals surface area contributed by atoms with Crippen LogP contribution in [0, 0.1) is 6.92 Å². The molecule has 0 aliphatic carbocycles. The smallest absolute Gasteiger partial charge is 0.254 e. The van der Waals surface area contributed by atoms with E-state index in [1.165, 1.54) is 5.56 Å². The number of carbonyl (C=O) groups excluding carboxylic acids is 1. The zero-order valence-electron chi connectivity index (χ0n) is 17.0. The van der Waals surface area contributed by atoms with E-state index >= 15 is 0 Å². The minimum Gasteiger partial charge on any atom is -0.494 e. The van der Waals surface area contributed by atoms with Crippen molar-refractivity contribution >= 4 is 32.6 Å². The summed E-state index contributed by atoms with van der Waals surface area (Å²) in [5.41, 5.74) is 2.74. The van der Waals surface area contributed by atoms with Gasteiger partial charge in [-0.15, -0.1) is 0 Å². The highest BCUT2D eigenvalue weighted by atomic mass is 32.1. The van der Waals surface area contributed by atoms with Gasteiger partial charge in [-0.3, -0.25) is 4.79 Å². The Hall–Kier alpha value is -3.00. The number of methoxy groups -OCH3 is 1. The lowest BCUT2D eigenvalue weighted by Gasteiger charge is -2.34. The van der Waals surface area contributed by atoms with Crippen molar-refractivity contribution in [3.63, 3.8) is 0 Å². The van der Waals surface area contributed by atoms with Crippen LogP contribution in [-0.4, -0.2) is 62.3 Å². The normalized spacial score (nSPS) is 16.1. The molecule has 0 N–H and O–H groups in total. The van der Waals surface area contributed by atoms with Crippen LogP contribution >= 0.6 is 11.3 Å². The van der Waals surface area contributed by atoms with E-state index in [2.05, 4.69) is 17.9 Å². The lowest BCUT2D eigenvalue weighted by Crippen LogP contribution is -2.48. The SMILES string of the molecule is COc1ccc(C)c2sc(N3CCN(C(=O)c4ccc5c(c4)OCCO5)CC3)nc12. The van der Waals surface area contributed by atoms with Gasteiger partial charge in [0.25, 0.3) is 5.91 Å². The molecule has 0 atom stereocenters. The van der Waals surface area contributed by atoms with Crippen molar-refractivity contribution < 1.29 is 19.0 Å². The quantitative estimate of drug-likeness (QED) is 0.641. The fourth-order valence-electron chi connectivity index (χ4n) is 3.86. The number of benzene rings is 2. The first-order valence-electron chi connectivity index (χ1n) is 10.0. The number of ether oxygens (including phenoxy) is 3. The number of anilines is 1. The Bertz CT molecular complexity index is 1110. The van der Waals surface area contributed by atoms with Gasteiger partial charge in [-0.1, -0.05) is 17.4 Å². The molecule has 1 saturated heterocycles. The molecule has 0 bridgehead atoms.